The highest BCUT2D eigenvalue weighted by atomic mass is 79.9. The molecule has 0 unspecified atom stereocenters. The highest BCUT2D eigenvalue weighted by Crippen LogP contribution is 2.29. The van der Waals surface area contributed by atoms with Crippen LogP contribution in [-0.4, -0.2) is 13.7 Å². The summed E-state index contributed by atoms with van der Waals surface area (Å²) in [7, 11) is 1.92. The Kier molecular flexibility index (Phi) is 4.85. The van der Waals surface area contributed by atoms with Gasteiger partial charge in [0.25, 0.3) is 0 Å². The molecule has 0 bridgehead atoms. The van der Waals surface area contributed by atoms with Gasteiger partial charge in [0, 0.05) is 12.1 Å². The monoisotopic (exact) mass is 269 g/mol. The van der Waals surface area contributed by atoms with E-state index in [9.17, 15) is 0 Å². The van der Waals surface area contributed by atoms with Crippen molar-refractivity contribution in [3.8, 4) is 5.75 Å². The van der Waals surface area contributed by atoms with Gasteiger partial charge in [0.15, 0.2) is 0 Å². The van der Waals surface area contributed by atoms with Gasteiger partial charge in [-0.2, -0.15) is 0 Å². The minimum absolute atomic E-state index is 0.555. The third kappa shape index (κ3) is 3.68. The molecular weight excluding hydrogens is 254 g/mol. The fraction of sp³-hybridized carbons (Fsp3) is 0.333. The summed E-state index contributed by atoms with van der Waals surface area (Å²) in [6.07, 6.45) is 0. The second-order valence-corrected chi connectivity index (χ2v) is 4.36. The van der Waals surface area contributed by atoms with Gasteiger partial charge in [-0.3, -0.25) is 0 Å². The van der Waals surface area contributed by atoms with Crippen LogP contribution in [-0.2, 0) is 6.54 Å². The van der Waals surface area contributed by atoms with Gasteiger partial charge >= 0.3 is 0 Å². The first-order chi connectivity index (χ1) is 7.15. The van der Waals surface area contributed by atoms with E-state index >= 15 is 0 Å². The van der Waals surface area contributed by atoms with Crippen LogP contribution < -0.4 is 10.1 Å². The van der Waals surface area contributed by atoms with Crippen LogP contribution >= 0.6 is 15.9 Å². The second kappa shape index (κ2) is 5.93. The van der Waals surface area contributed by atoms with E-state index in [-0.39, 0.29) is 0 Å². The maximum atomic E-state index is 5.70. The Bertz CT molecular complexity index is 349. The molecule has 0 spiro atoms. The first kappa shape index (κ1) is 12.3. The van der Waals surface area contributed by atoms with Crippen molar-refractivity contribution in [2.24, 2.45) is 0 Å². The minimum Gasteiger partial charge on any atom is -0.488 e. The van der Waals surface area contributed by atoms with Gasteiger partial charge in [0.2, 0.25) is 0 Å². The van der Waals surface area contributed by atoms with E-state index in [1.54, 1.807) is 0 Å². The quantitative estimate of drug-likeness (QED) is 0.830. The smallest absolute Gasteiger partial charge is 0.138 e. The van der Waals surface area contributed by atoms with E-state index < -0.39 is 0 Å². The Morgan fingerprint density at radius 2 is 2.27 bits per heavy atom. The molecule has 0 saturated heterocycles. The van der Waals surface area contributed by atoms with Gasteiger partial charge in [-0.25, -0.2) is 0 Å². The molecule has 0 saturated carbocycles. The standard InChI is InChI=1S/C12H16BrNO/c1-9(2)8-15-12-10(7-14-3)5-4-6-11(12)13/h4-6,14H,1,7-8H2,2-3H3. The first-order valence-electron chi connectivity index (χ1n) is 4.84. The van der Waals surface area contributed by atoms with E-state index in [2.05, 4.69) is 33.9 Å². The zero-order valence-corrected chi connectivity index (χ0v) is 10.7. The summed E-state index contributed by atoms with van der Waals surface area (Å²) >= 11 is 3.48. The molecule has 0 aliphatic heterocycles. The van der Waals surface area contributed by atoms with Crippen molar-refractivity contribution >= 4 is 15.9 Å². The molecular formula is C12H16BrNO. The lowest BCUT2D eigenvalue weighted by Gasteiger charge is -2.12. The van der Waals surface area contributed by atoms with Crippen molar-refractivity contribution in [3.05, 3.63) is 40.4 Å². The second-order valence-electron chi connectivity index (χ2n) is 3.50. The summed E-state index contributed by atoms with van der Waals surface area (Å²) in [4.78, 5) is 0. The van der Waals surface area contributed by atoms with Crippen molar-refractivity contribution in [1.29, 1.82) is 0 Å². The molecule has 82 valence electrons. The van der Waals surface area contributed by atoms with Gasteiger partial charge < -0.3 is 10.1 Å². The lowest BCUT2D eigenvalue weighted by molar-refractivity contribution is 0.346. The van der Waals surface area contributed by atoms with Gasteiger partial charge in [-0.15, -0.1) is 0 Å². The van der Waals surface area contributed by atoms with Gasteiger partial charge in [-0.1, -0.05) is 18.7 Å². The molecule has 0 fully saturated rings. The Morgan fingerprint density at radius 1 is 1.53 bits per heavy atom. The Morgan fingerprint density at radius 3 is 2.87 bits per heavy atom. The van der Waals surface area contributed by atoms with Crippen LogP contribution in [0.4, 0.5) is 0 Å². The number of hydrogen-bond acceptors (Lipinski definition) is 2. The van der Waals surface area contributed by atoms with Crippen molar-refractivity contribution < 1.29 is 4.74 Å². The molecule has 15 heavy (non-hydrogen) atoms. The van der Waals surface area contributed by atoms with E-state index in [4.69, 9.17) is 4.74 Å². The fourth-order valence-corrected chi connectivity index (χ4v) is 1.76. The molecule has 0 heterocycles. The predicted octanol–water partition coefficient (Wildman–Crippen LogP) is 3.12. The minimum atomic E-state index is 0.555. The molecule has 3 heteroatoms. The summed E-state index contributed by atoms with van der Waals surface area (Å²) in [6, 6.07) is 6.03. The van der Waals surface area contributed by atoms with Crippen molar-refractivity contribution in [3.63, 3.8) is 0 Å². The number of benzene rings is 1. The van der Waals surface area contributed by atoms with Crippen LogP contribution in [0.25, 0.3) is 0 Å². The average Bonchev–Trinajstić information content (AvgIpc) is 2.17. The summed E-state index contributed by atoms with van der Waals surface area (Å²) < 4.78 is 6.68. The molecule has 0 radical (unpaired) electrons. The molecule has 1 aromatic carbocycles. The third-order valence-electron chi connectivity index (χ3n) is 1.88. The zero-order chi connectivity index (χ0) is 11.3. The average molecular weight is 270 g/mol. The first-order valence-corrected chi connectivity index (χ1v) is 5.63. The maximum absolute atomic E-state index is 5.70. The van der Waals surface area contributed by atoms with Crippen LogP contribution in [0.15, 0.2) is 34.8 Å². The van der Waals surface area contributed by atoms with Gasteiger partial charge in [0.05, 0.1) is 4.47 Å². The largest absolute Gasteiger partial charge is 0.488 e. The molecule has 2 nitrogen and oxygen atoms in total. The molecule has 1 rings (SSSR count). The van der Waals surface area contributed by atoms with Crippen LogP contribution in [0.1, 0.15) is 12.5 Å². The number of nitrogens with one attached hydrogen (secondary N) is 1. The molecule has 1 aromatic rings. The summed E-state index contributed by atoms with van der Waals surface area (Å²) in [5, 5.41) is 3.12. The van der Waals surface area contributed by atoms with E-state index in [1.807, 2.05) is 26.1 Å². The van der Waals surface area contributed by atoms with Gasteiger partial charge in [0.1, 0.15) is 12.4 Å². The SMILES string of the molecule is C=C(C)COc1c(Br)cccc1CNC. The molecule has 1 N–H and O–H groups in total. The van der Waals surface area contributed by atoms with E-state index in [1.165, 1.54) is 0 Å². The summed E-state index contributed by atoms with van der Waals surface area (Å²) in [5.74, 6) is 0.898. The molecule has 0 aliphatic rings. The van der Waals surface area contributed by atoms with Crippen molar-refractivity contribution in [2.45, 2.75) is 13.5 Å². The summed E-state index contributed by atoms with van der Waals surface area (Å²) in [5.41, 5.74) is 2.16. The molecule has 0 aliphatic carbocycles. The van der Waals surface area contributed by atoms with Crippen LogP contribution in [0.3, 0.4) is 0 Å². The van der Waals surface area contributed by atoms with Crippen LogP contribution in [0.2, 0.25) is 0 Å². The zero-order valence-electron chi connectivity index (χ0n) is 9.14. The van der Waals surface area contributed by atoms with Gasteiger partial charge in [-0.05, 0) is 41.5 Å². The van der Waals surface area contributed by atoms with Crippen molar-refractivity contribution in [2.75, 3.05) is 13.7 Å². The van der Waals surface area contributed by atoms with Crippen LogP contribution in [0.5, 0.6) is 5.75 Å². The van der Waals surface area contributed by atoms with E-state index in [0.717, 1.165) is 27.9 Å². The highest BCUT2D eigenvalue weighted by molar-refractivity contribution is 9.10. The number of halogens is 1. The Hall–Kier alpha value is -0.800. The summed E-state index contributed by atoms with van der Waals surface area (Å²) in [6.45, 7) is 7.12. The number of rotatable bonds is 5. The highest BCUT2D eigenvalue weighted by Gasteiger charge is 2.06. The molecule has 0 aromatic heterocycles. The maximum Gasteiger partial charge on any atom is 0.138 e. The number of hydrogen-bond donors (Lipinski definition) is 1. The van der Waals surface area contributed by atoms with Crippen LogP contribution in [0, 0.1) is 0 Å². The lowest BCUT2D eigenvalue weighted by atomic mass is 10.2. The van der Waals surface area contributed by atoms with Crippen molar-refractivity contribution in [1.82, 2.24) is 5.32 Å². The third-order valence-corrected chi connectivity index (χ3v) is 2.50. The number of ether oxygens (including phenoxy) is 1. The normalized spacial score (nSPS) is 10.1. The lowest BCUT2D eigenvalue weighted by Crippen LogP contribution is -2.08. The molecule has 0 atom stereocenters. The molecule has 0 amide bonds. The predicted molar refractivity (Wildman–Crippen MR) is 67.2 cm³/mol. The van der Waals surface area contributed by atoms with E-state index in [0.29, 0.717) is 6.61 Å². The Balaban J connectivity index is 2.86. The fourth-order valence-electron chi connectivity index (χ4n) is 1.24. The Labute approximate surface area is 99.5 Å². The topological polar surface area (TPSA) is 21.3 Å². The number of para-hydroxylation sites is 1.